The lowest BCUT2D eigenvalue weighted by Gasteiger charge is -2.22. The summed E-state index contributed by atoms with van der Waals surface area (Å²) in [5.74, 6) is 0. The van der Waals surface area contributed by atoms with E-state index < -0.39 is 35.8 Å². The monoisotopic (exact) mass is 369 g/mol. The molecule has 2 N–H and O–H groups in total. The van der Waals surface area contributed by atoms with Crippen molar-refractivity contribution in [3.63, 3.8) is 0 Å². The molecule has 10 nitrogen and oxygen atoms in total. The van der Waals surface area contributed by atoms with E-state index in [0.29, 0.717) is 6.42 Å². The largest absolute Gasteiger partial charge is 0.388 e. The van der Waals surface area contributed by atoms with Crippen LogP contribution in [-0.4, -0.2) is 52.7 Å². The molecule has 0 spiro atoms. The highest BCUT2D eigenvalue weighted by molar-refractivity contribution is 4.93. The molecule has 10 heteroatoms. The van der Waals surface area contributed by atoms with Crippen molar-refractivity contribution in [3.05, 3.63) is 33.1 Å². The van der Waals surface area contributed by atoms with Gasteiger partial charge in [-0.1, -0.05) is 6.92 Å². The zero-order valence-electron chi connectivity index (χ0n) is 14.7. The summed E-state index contributed by atoms with van der Waals surface area (Å²) in [5.41, 5.74) is -1.18. The van der Waals surface area contributed by atoms with Gasteiger partial charge in [0.25, 0.3) is 5.56 Å². The average Bonchev–Trinajstić information content (AvgIpc) is 2.91. The number of hydrogen-bond acceptors (Lipinski definition) is 8. The van der Waals surface area contributed by atoms with E-state index in [2.05, 4.69) is 4.98 Å². The standard InChI is InChI=1S/C16H23N3O7/c1-3-11-13(21)14(25-9-23-8-24-10(2)4-6-17)15(26-11)19-7-5-12(20)18-16(19)22/h5,7,10-11,13-15,21H,3-4,8-9H2,1-2H3,(H,18,20,22)/t10?,11?,13-,14?,15?/m0/s1. The van der Waals surface area contributed by atoms with Crippen molar-refractivity contribution in [1.29, 1.82) is 5.26 Å². The molecular formula is C16H23N3O7. The number of nitrogens with one attached hydrogen (secondary N) is 1. The first-order chi connectivity index (χ1) is 12.5. The van der Waals surface area contributed by atoms with Crippen LogP contribution in [0.25, 0.3) is 0 Å². The Bertz CT molecular complexity index is 726. The molecule has 0 aromatic carbocycles. The number of aromatic nitrogens is 2. The van der Waals surface area contributed by atoms with E-state index in [1.165, 1.54) is 12.3 Å². The van der Waals surface area contributed by atoms with E-state index in [9.17, 15) is 14.7 Å². The van der Waals surface area contributed by atoms with Gasteiger partial charge in [0, 0.05) is 12.3 Å². The van der Waals surface area contributed by atoms with Crippen LogP contribution in [-0.2, 0) is 18.9 Å². The number of aromatic amines is 1. The van der Waals surface area contributed by atoms with Crippen LogP contribution < -0.4 is 11.2 Å². The molecule has 4 unspecified atom stereocenters. The highest BCUT2D eigenvalue weighted by atomic mass is 16.7. The van der Waals surface area contributed by atoms with Crippen LogP contribution in [0.5, 0.6) is 0 Å². The van der Waals surface area contributed by atoms with Gasteiger partial charge in [0.15, 0.2) is 6.23 Å². The molecular weight excluding hydrogens is 346 g/mol. The molecule has 2 rings (SSSR count). The predicted octanol–water partition coefficient (Wildman–Crippen LogP) is -0.160. The fourth-order valence-electron chi connectivity index (χ4n) is 2.60. The highest BCUT2D eigenvalue weighted by Gasteiger charge is 2.45. The number of H-pyrrole nitrogens is 1. The Hall–Kier alpha value is -2.03. The second kappa shape index (κ2) is 9.61. The van der Waals surface area contributed by atoms with E-state index in [0.717, 1.165) is 4.57 Å². The Morgan fingerprint density at radius 2 is 2.23 bits per heavy atom. The third-order valence-corrected chi connectivity index (χ3v) is 4.00. The number of nitriles is 1. The minimum absolute atomic E-state index is 0.0764. The summed E-state index contributed by atoms with van der Waals surface area (Å²) >= 11 is 0. The molecule has 1 aliphatic heterocycles. The molecule has 1 aliphatic rings. The summed E-state index contributed by atoms with van der Waals surface area (Å²) in [6.07, 6.45) is -1.46. The summed E-state index contributed by atoms with van der Waals surface area (Å²) in [5, 5.41) is 18.9. The normalized spacial score (nSPS) is 26.5. The Labute approximate surface area is 149 Å². The molecule has 0 aliphatic carbocycles. The smallest absolute Gasteiger partial charge is 0.330 e. The van der Waals surface area contributed by atoms with Crippen molar-refractivity contribution in [2.75, 3.05) is 13.6 Å². The van der Waals surface area contributed by atoms with Gasteiger partial charge < -0.3 is 24.1 Å². The van der Waals surface area contributed by atoms with E-state index in [-0.39, 0.29) is 26.1 Å². The first-order valence-corrected chi connectivity index (χ1v) is 8.30. The number of aliphatic hydroxyl groups excluding tert-OH is 1. The van der Waals surface area contributed by atoms with Crippen LogP contribution in [0.15, 0.2) is 21.9 Å². The van der Waals surface area contributed by atoms with Gasteiger partial charge in [-0.3, -0.25) is 14.3 Å². The molecule has 144 valence electrons. The molecule has 0 bridgehead atoms. The van der Waals surface area contributed by atoms with Gasteiger partial charge >= 0.3 is 5.69 Å². The fraction of sp³-hybridized carbons (Fsp3) is 0.688. The van der Waals surface area contributed by atoms with Crippen LogP contribution in [0.4, 0.5) is 0 Å². The lowest BCUT2D eigenvalue weighted by molar-refractivity contribution is -0.183. The number of ether oxygens (including phenoxy) is 4. The second-order valence-corrected chi connectivity index (χ2v) is 5.89. The summed E-state index contributed by atoms with van der Waals surface area (Å²) < 4.78 is 22.9. The maximum atomic E-state index is 12.0. The molecule has 1 aromatic rings. The predicted molar refractivity (Wildman–Crippen MR) is 88.0 cm³/mol. The van der Waals surface area contributed by atoms with Crippen molar-refractivity contribution in [3.8, 4) is 6.07 Å². The second-order valence-electron chi connectivity index (χ2n) is 5.89. The summed E-state index contributed by atoms with van der Waals surface area (Å²) in [6.45, 7) is 3.30. The molecule has 1 saturated heterocycles. The van der Waals surface area contributed by atoms with Gasteiger partial charge in [0.1, 0.15) is 25.8 Å². The van der Waals surface area contributed by atoms with Crippen LogP contribution in [0.2, 0.25) is 0 Å². The first-order valence-electron chi connectivity index (χ1n) is 8.30. The maximum absolute atomic E-state index is 12.0. The van der Waals surface area contributed by atoms with Gasteiger partial charge in [0.2, 0.25) is 0 Å². The Kier molecular flexibility index (Phi) is 7.50. The molecule has 0 saturated carbocycles. The number of aliphatic hydroxyl groups is 1. The minimum Gasteiger partial charge on any atom is -0.388 e. The van der Waals surface area contributed by atoms with Gasteiger partial charge in [-0.05, 0) is 13.3 Å². The third-order valence-electron chi connectivity index (χ3n) is 4.00. The molecule has 26 heavy (non-hydrogen) atoms. The SMILES string of the molecule is CCC1OC(n2ccc(=O)[nH]c2=O)C(OCOCOC(C)CC#N)[C@H]1O. The third kappa shape index (κ3) is 5.00. The van der Waals surface area contributed by atoms with E-state index in [1.54, 1.807) is 6.92 Å². The lowest BCUT2D eigenvalue weighted by Crippen LogP contribution is -2.39. The maximum Gasteiger partial charge on any atom is 0.330 e. The van der Waals surface area contributed by atoms with Crippen molar-refractivity contribution in [2.24, 2.45) is 0 Å². The number of rotatable bonds is 9. The molecule has 5 atom stereocenters. The van der Waals surface area contributed by atoms with Gasteiger partial charge in [0.05, 0.1) is 24.7 Å². The topological polar surface area (TPSA) is 136 Å². The van der Waals surface area contributed by atoms with Crippen molar-refractivity contribution in [1.82, 2.24) is 9.55 Å². The van der Waals surface area contributed by atoms with Gasteiger partial charge in [-0.25, -0.2) is 4.79 Å². The van der Waals surface area contributed by atoms with Crippen molar-refractivity contribution in [2.45, 2.75) is 57.3 Å². The zero-order valence-corrected chi connectivity index (χ0v) is 14.7. The van der Waals surface area contributed by atoms with E-state index in [1.807, 2.05) is 13.0 Å². The minimum atomic E-state index is -0.967. The quantitative estimate of drug-likeness (QED) is 0.453. The van der Waals surface area contributed by atoms with Crippen molar-refractivity contribution < 1.29 is 24.1 Å². The number of hydrogen-bond donors (Lipinski definition) is 2. The average molecular weight is 369 g/mol. The molecule has 0 amide bonds. The van der Waals surface area contributed by atoms with E-state index >= 15 is 0 Å². The van der Waals surface area contributed by atoms with Gasteiger partial charge in [-0.2, -0.15) is 5.26 Å². The summed E-state index contributed by atoms with van der Waals surface area (Å²) in [7, 11) is 0. The van der Waals surface area contributed by atoms with Gasteiger partial charge in [-0.15, -0.1) is 0 Å². The number of nitrogens with zero attached hydrogens (tertiary/aromatic N) is 2. The zero-order chi connectivity index (χ0) is 19.1. The van der Waals surface area contributed by atoms with Crippen LogP contribution in [0.3, 0.4) is 0 Å². The summed E-state index contributed by atoms with van der Waals surface area (Å²) in [6, 6.07) is 3.17. The molecule has 1 fully saturated rings. The fourth-order valence-corrected chi connectivity index (χ4v) is 2.60. The Morgan fingerprint density at radius 1 is 1.46 bits per heavy atom. The first kappa shape index (κ1) is 20.3. The van der Waals surface area contributed by atoms with Crippen molar-refractivity contribution >= 4 is 0 Å². The molecule has 1 aromatic heterocycles. The molecule has 0 radical (unpaired) electrons. The Balaban J connectivity index is 1.98. The summed E-state index contributed by atoms with van der Waals surface area (Å²) in [4.78, 5) is 25.4. The Morgan fingerprint density at radius 3 is 2.88 bits per heavy atom. The van der Waals surface area contributed by atoms with E-state index in [4.69, 9.17) is 24.2 Å². The van der Waals surface area contributed by atoms with Crippen LogP contribution >= 0.6 is 0 Å². The molecule has 2 heterocycles. The lowest BCUT2D eigenvalue weighted by atomic mass is 10.1. The van der Waals surface area contributed by atoms with Crippen LogP contribution in [0.1, 0.15) is 32.9 Å². The van der Waals surface area contributed by atoms with Crippen LogP contribution in [0, 0.1) is 11.3 Å². The highest BCUT2D eigenvalue weighted by Crippen LogP contribution is 2.32.